The van der Waals surface area contributed by atoms with Crippen LogP contribution in [0.2, 0.25) is 0 Å². The average Bonchev–Trinajstić information content (AvgIpc) is 3.78. The summed E-state index contributed by atoms with van der Waals surface area (Å²) in [4.78, 5) is 29.8. The smallest absolute Gasteiger partial charge is 0.229 e. The highest BCUT2D eigenvalue weighted by molar-refractivity contribution is 5.84. The molecule has 1 aliphatic rings. The van der Waals surface area contributed by atoms with Crippen molar-refractivity contribution in [3.63, 3.8) is 0 Å². The number of hydrogen-bond donors (Lipinski definition) is 4. The van der Waals surface area contributed by atoms with Crippen LogP contribution in [0.5, 0.6) is 11.6 Å². The van der Waals surface area contributed by atoms with Crippen molar-refractivity contribution in [2.45, 2.75) is 47.6 Å². The lowest BCUT2D eigenvalue weighted by molar-refractivity contribution is 0.271. The number of fused-ring (bicyclic) bond motifs is 2. The summed E-state index contributed by atoms with van der Waals surface area (Å²) in [5.41, 5.74) is 9.12. The van der Waals surface area contributed by atoms with Crippen molar-refractivity contribution in [1.82, 2.24) is 24.8 Å². The third kappa shape index (κ3) is 9.15. The number of aryl methyl sites for hydroxylation is 3. The molecule has 286 valence electrons. The van der Waals surface area contributed by atoms with E-state index >= 15 is 4.39 Å². The molecule has 0 unspecified atom stereocenters. The minimum absolute atomic E-state index is 0.0536. The summed E-state index contributed by atoms with van der Waals surface area (Å²) in [6, 6.07) is 13.1. The molecule has 5 N–H and O–H groups in total. The van der Waals surface area contributed by atoms with Gasteiger partial charge in [-0.1, -0.05) is 19.0 Å². The maximum Gasteiger partial charge on any atom is 0.229 e. The summed E-state index contributed by atoms with van der Waals surface area (Å²) >= 11 is 0. The number of rotatable bonds is 9. The molecule has 1 fully saturated rings. The number of anilines is 3. The Balaban J connectivity index is 0.000000272. The van der Waals surface area contributed by atoms with Gasteiger partial charge in [-0.3, -0.25) is 0 Å². The summed E-state index contributed by atoms with van der Waals surface area (Å²) in [6.45, 7) is 14.8. The van der Waals surface area contributed by atoms with Gasteiger partial charge >= 0.3 is 0 Å². The fraction of sp³-hybridized carbons (Fsp3) is 0.333. The lowest BCUT2D eigenvalue weighted by atomic mass is 10.1. The number of nitrogens with one attached hydrogen (secondary N) is 3. The molecule has 1 aliphatic heterocycles. The first-order chi connectivity index (χ1) is 26.0. The molecule has 0 spiro atoms. The second-order valence-electron chi connectivity index (χ2n) is 12.9. The molecular formula is C39H45F4N9O2. The Morgan fingerprint density at radius 3 is 2.02 bits per heavy atom. The Morgan fingerprint density at radius 1 is 0.852 bits per heavy atom. The third-order valence-corrected chi connectivity index (χ3v) is 8.96. The summed E-state index contributed by atoms with van der Waals surface area (Å²) in [6.07, 6.45) is 2.32. The summed E-state index contributed by atoms with van der Waals surface area (Å²) in [5, 5.41) is 6.51. The van der Waals surface area contributed by atoms with Crippen LogP contribution in [-0.4, -0.2) is 64.1 Å². The van der Waals surface area contributed by atoms with E-state index in [0.717, 1.165) is 68.8 Å². The van der Waals surface area contributed by atoms with Gasteiger partial charge in [-0.2, -0.15) is 4.91 Å². The number of nitrogens with zero attached hydrogens (tertiary/aromatic N) is 5. The SMILES string of the molecule is CCCN.CCN1CCN(c2ccc(Nc3ncnc(Oc4cc(F)c5[nH]c(C)cc5c4F)c3CN=O)cc2)CC1.Cc1cc2c(F)c(C)cc(F)c2[nH]1. The van der Waals surface area contributed by atoms with Crippen molar-refractivity contribution in [3.05, 3.63) is 106 Å². The zero-order valence-corrected chi connectivity index (χ0v) is 31.0. The maximum atomic E-state index is 15.1. The van der Waals surface area contributed by atoms with Crippen LogP contribution in [0.3, 0.4) is 0 Å². The van der Waals surface area contributed by atoms with E-state index in [9.17, 15) is 18.1 Å². The first-order valence-electron chi connectivity index (χ1n) is 17.7. The van der Waals surface area contributed by atoms with E-state index in [1.807, 2.05) is 24.3 Å². The van der Waals surface area contributed by atoms with Crippen LogP contribution in [0.1, 0.15) is 42.8 Å². The van der Waals surface area contributed by atoms with Crippen LogP contribution in [0, 0.1) is 48.9 Å². The lowest BCUT2D eigenvalue weighted by Crippen LogP contribution is -2.46. The van der Waals surface area contributed by atoms with Gasteiger partial charge in [0.2, 0.25) is 5.88 Å². The van der Waals surface area contributed by atoms with Gasteiger partial charge in [-0.25, -0.2) is 27.5 Å². The number of piperazine rings is 1. The van der Waals surface area contributed by atoms with Gasteiger partial charge in [0.25, 0.3) is 0 Å². The zero-order valence-electron chi connectivity index (χ0n) is 31.0. The largest absolute Gasteiger partial charge is 0.435 e. The molecule has 0 amide bonds. The number of halogens is 4. The molecule has 4 heterocycles. The summed E-state index contributed by atoms with van der Waals surface area (Å²) in [5.74, 6) is -2.32. The molecule has 0 saturated carbocycles. The van der Waals surface area contributed by atoms with Crippen molar-refractivity contribution in [2.24, 2.45) is 10.9 Å². The Morgan fingerprint density at radius 2 is 1.44 bits per heavy atom. The van der Waals surface area contributed by atoms with Crippen LogP contribution in [0.15, 0.2) is 60.0 Å². The molecule has 0 aliphatic carbocycles. The second kappa shape index (κ2) is 18.0. The average molecular weight is 748 g/mol. The highest BCUT2D eigenvalue weighted by atomic mass is 19.1. The number of nitroso groups, excluding NO2 is 1. The number of benzene rings is 3. The van der Waals surface area contributed by atoms with Crippen LogP contribution in [0.25, 0.3) is 21.8 Å². The Bertz CT molecular complexity index is 2200. The van der Waals surface area contributed by atoms with Gasteiger partial charge in [-0.15, -0.1) is 0 Å². The van der Waals surface area contributed by atoms with Crippen molar-refractivity contribution in [1.29, 1.82) is 0 Å². The third-order valence-electron chi connectivity index (χ3n) is 8.96. The molecule has 54 heavy (non-hydrogen) atoms. The van der Waals surface area contributed by atoms with E-state index in [-0.39, 0.29) is 51.8 Å². The highest BCUT2D eigenvalue weighted by Crippen LogP contribution is 2.35. The van der Waals surface area contributed by atoms with Crippen molar-refractivity contribution < 1.29 is 22.3 Å². The fourth-order valence-corrected chi connectivity index (χ4v) is 6.01. The molecule has 6 aromatic rings. The fourth-order valence-electron chi connectivity index (χ4n) is 6.01. The number of aromatic nitrogens is 4. The first-order valence-corrected chi connectivity index (χ1v) is 17.7. The van der Waals surface area contributed by atoms with Crippen molar-refractivity contribution >= 4 is 39.0 Å². The van der Waals surface area contributed by atoms with Gasteiger partial charge in [0.1, 0.15) is 30.3 Å². The predicted octanol–water partition coefficient (Wildman–Crippen LogP) is 8.91. The molecule has 3 aromatic carbocycles. The summed E-state index contributed by atoms with van der Waals surface area (Å²) in [7, 11) is 0. The number of ether oxygens (including phenoxy) is 1. The van der Waals surface area contributed by atoms with E-state index < -0.39 is 17.5 Å². The monoisotopic (exact) mass is 747 g/mol. The first kappa shape index (κ1) is 39.7. The van der Waals surface area contributed by atoms with Gasteiger partial charge in [0.15, 0.2) is 17.4 Å². The zero-order chi connectivity index (χ0) is 38.9. The molecule has 0 bridgehead atoms. The van der Waals surface area contributed by atoms with Crippen LogP contribution >= 0.6 is 0 Å². The van der Waals surface area contributed by atoms with Crippen molar-refractivity contribution in [2.75, 3.05) is 49.5 Å². The van der Waals surface area contributed by atoms with Gasteiger partial charge in [-0.05, 0) is 88.3 Å². The van der Waals surface area contributed by atoms with Crippen LogP contribution in [-0.2, 0) is 6.54 Å². The van der Waals surface area contributed by atoms with E-state index in [0.29, 0.717) is 16.6 Å². The Hall–Kier alpha value is -5.54. The molecule has 11 nitrogen and oxygen atoms in total. The quantitative estimate of drug-likeness (QED) is 0.0850. The molecule has 15 heteroatoms. The molecule has 3 aromatic heterocycles. The topological polar surface area (TPSA) is 141 Å². The highest BCUT2D eigenvalue weighted by Gasteiger charge is 2.21. The number of hydrogen-bond acceptors (Lipinski definition) is 9. The predicted molar refractivity (Wildman–Crippen MR) is 206 cm³/mol. The maximum absolute atomic E-state index is 15.1. The lowest BCUT2D eigenvalue weighted by Gasteiger charge is -2.35. The van der Waals surface area contributed by atoms with E-state index in [2.05, 4.69) is 54.1 Å². The molecule has 7 rings (SSSR count). The second-order valence-corrected chi connectivity index (χ2v) is 12.9. The van der Waals surface area contributed by atoms with E-state index in [1.165, 1.54) is 18.5 Å². The Kier molecular flexibility index (Phi) is 13.2. The summed E-state index contributed by atoms with van der Waals surface area (Å²) < 4.78 is 62.0. The minimum atomic E-state index is -0.741. The standard InChI is InChI=1S/C26H27F2N7O2.C10H9F2N.C3H9N/c1-3-34-8-10-35(11-9-34)18-6-4-17(5-7-18)33-25-20(14-31-36)26(30-15-29-25)37-22-13-21(27)24-19(23(22)28)12-16(2)32-24;1-5-3-8(11)10-7(9(5)12)4-6(2)13-10;1-2-3-4/h4-7,12-13,15,32H,3,8-11,14H2,1-2H3,(H,29,30,33);3-4,13H,1-2H3;2-4H2,1H3. The molecule has 0 radical (unpaired) electrons. The van der Waals surface area contributed by atoms with E-state index in [1.54, 1.807) is 26.8 Å². The molecule has 1 saturated heterocycles. The minimum Gasteiger partial charge on any atom is -0.435 e. The van der Waals surface area contributed by atoms with Crippen LogP contribution in [0.4, 0.5) is 34.8 Å². The van der Waals surface area contributed by atoms with Crippen molar-refractivity contribution in [3.8, 4) is 11.6 Å². The van der Waals surface area contributed by atoms with Crippen LogP contribution < -0.4 is 20.7 Å². The normalized spacial score (nSPS) is 13.0. The van der Waals surface area contributed by atoms with Gasteiger partial charge in [0.05, 0.1) is 16.6 Å². The van der Waals surface area contributed by atoms with Gasteiger partial charge in [0, 0.05) is 65.8 Å². The number of aromatic amines is 2. The molecule has 0 atom stereocenters. The number of nitrogens with two attached hydrogens (primary N) is 1. The van der Waals surface area contributed by atoms with Gasteiger partial charge < -0.3 is 35.6 Å². The number of H-pyrrole nitrogens is 2. The molecular weight excluding hydrogens is 702 g/mol. The Labute approximate surface area is 310 Å². The number of likely N-dealkylation sites (N-methyl/N-ethyl adjacent to an activating group) is 1. The van der Waals surface area contributed by atoms with E-state index in [4.69, 9.17) is 10.5 Å².